The predicted molar refractivity (Wildman–Crippen MR) is 158 cm³/mol. The smallest absolute Gasteiger partial charge is 0.478 e. The highest BCUT2D eigenvalue weighted by Crippen LogP contribution is 2.29. The number of fused-ring (bicyclic) bond motifs is 1. The van der Waals surface area contributed by atoms with Crippen molar-refractivity contribution in [3.8, 4) is 16.9 Å². The van der Waals surface area contributed by atoms with E-state index in [4.69, 9.17) is 0 Å². The fraction of sp³-hybridized carbons (Fsp3) is 0.176. The van der Waals surface area contributed by atoms with Crippen molar-refractivity contribution < 1.29 is 32.6 Å². The average molecular weight is 587 g/mol. The van der Waals surface area contributed by atoms with Gasteiger partial charge in [-0.2, -0.15) is 0 Å². The van der Waals surface area contributed by atoms with Gasteiger partial charge in [0.05, 0.1) is 11.6 Å². The SMILES string of the molecule is Cc1c(C)n(Cc2ccc(-c3ccccc3C(=O)O)cc2)c2ccc(C(=O)NC(C)c3ccc(OC(F)(F)F)cc3)cc12. The van der Waals surface area contributed by atoms with Crippen molar-refractivity contribution in [1.29, 1.82) is 0 Å². The first kappa shape index (κ1) is 29.4. The van der Waals surface area contributed by atoms with E-state index in [0.29, 0.717) is 23.2 Å². The number of carbonyl (C=O) groups is 2. The second-order valence-electron chi connectivity index (χ2n) is 10.4. The highest BCUT2D eigenvalue weighted by atomic mass is 19.4. The van der Waals surface area contributed by atoms with Gasteiger partial charge in [0.1, 0.15) is 5.75 Å². The molecule has 6 nitrogen and oxygen atoms in total. The number of nitrogens with one attached hydrogen (secondary N) is 1. The number of carbonyl (C=O) groups excluding carboxylic acids is 1. The Morgan fingerprint density at radius 1 is 0.930 bits per heavy atom. The molecule has 0 aliphatic rings. The Morgan fingerprint density at radius 2 is 1.60 bits per heavy atom. The lowest BCUT2D eigenvalue weighted by Crippen LogP contribution is -2.26. The molecule has 1 heterocycles. The topological polar surface area (TPSA) is 80.6 Å². The fourth-order valence-electron chi connectivity index (χ4n) is 5.21. The minimum absolute atomic E-state index is 0.251. The Morgan fingerprint density at radius 3 is 2.26 bits per heavy atom. The minimum Gasteiger partial charge on any atom is -0.478 e. The van der Waals surface area contributed by atoms with E-state index in [2.05, 4.69) is 14.6 Å². The molecule has 0 aliphatic carbocycles. The van der Waals surface area contributed by atoms with Crippen LogP contribution in [0, 0.1) is 13.8 Å². The maximum atomic E-state index is 13.1. The molecule has 9 heteroatoms. The lowest BCUT2D eigenvalue weighted by Gasteiger charge is -2.16. The molecule has 0 saturated carbocycles. The van der Waals surface area contributed by atoms with E-state index in [0.717, 1.165) is 33.3 Å². The minimum atomic E-state index is -4.77. The summed E-state index contributed by atoms with van der Waals surface area (Å²) in [6.07, 6.45) is -4.77. The van der Waals surface area contributed by atoms with Gasteiger partial charge in [-0.3, -0.25) is 4.79 Å². The number of amides is 1. The van der Waals surface area contributed by atoms with Crippen LogP contribution >= 0.6 is 0 Å². The van der Waals surface area contributed by atoms with Gasteiger partial charge in [-0.1, -0.05) is 54.6 Å². The number of alkyl halides is 3. The molecule has 0 saturated heterocycles. The Hall–Kier alpha value is -5.05. The summed E-state index contributed by atoms with van der Waals surface area (Å²) in [5.74, 6) is -1.59. The van der Waals surface area contributed by atoms with E-state index in [1.54, 1.807) is 31.2 Å². The van der Waals surface area contributed by atoms with Crippen LogP contribution in [0.25, 0.3) is 22.0 Å². The Balaban J connectivity index is 1.33. The first-order chi connectivity index (χ1) is 20.4. The molecule has 2 N–H and O–H groups in total. The average Bonchev–Trinajstić information content (AvgIpc) is 3.21. The molecule has 5 rings (SSSR count). The molecule has 0 spiro atoms. The van der Waals surface area contributed by atoms with Crippen LogP contribution in [0.5, 0.6) is 5.75 Å². The van der Waals surface area contributed by atoms with Gasteiger partial charge in [0.25, 0.3) is 5.91 Å². The van der Waals surface area contributed by atoms with Crippen molar-refractivity contribution >= 4 is 22.8 Å². The Bertz CT molecular complexity index is 1810. The molecule has 0 aliphatic heterocycles. The largest absolute Gasteiger partial charge is 0.573 e. The van der Waals surface area contributed by atoms with Gasteiger partial charge < -0.3 is 19.7 Å². The second-order valence-corrected chi connectivity index (χ2v) is 10.4. The summed E-state index contributed by atoms with van der Waals surface area (Å²) in [6.45, 7) is 6.39. The number of aromatic carboxylic acids is 1. The molecule has 220 valence electrons. The Kier molecular flexibility index (Phi) is 8.00. The summed E-state index contributed by atoms with van der Waals surface area (Å²) >= 11 is 0. The normalized spacial score (nSPS) is 12.2. The van der Waals surface area contributed by atoms with Crippen LogP contribution in [0.15, 0.2) is 91.0 Å². The number of nitrogens with zero attached hydrogens (tertiary/aromatic N) is 1. The molecular weight excluding hydrogens is 557 g/mol. The Labute approximate surface area is 246 Å². The monoisotopic (exact) mass is 586 g/mol. The number of carboxylic acids is 1. The maximum Gasteiger partial charge on any atom is 0.573 e. The molecule has 1 unspecified atom stereocenters. The van der Waals surface area contributed by atoms with Crippen LogP contribution in [0.4, 0.5) is 13.2 Å². The zero-order valence-corrected chi connectivity index (χ0v) is 23.7. The number of benzene rings is 4. The second kappa shape index (κ2) is 11.7. The number of carboxylic acid groups (broad SMARTS) is 1. The lowest BCUT2D eigenvalue weighted by molar-refractivity contribution is -0.274. The van der Waals surface area contributed by atoms with Crippen molar-refractivity contribution in [2.24, 2.45) is 0 Å². The van der Waals surface area contributed by atoms with E-state index in [1.165, 1.54) is 24.3 Å². The van der Waals surface area contributed by atoms with E-state index >= 15 is 0 Å². The number of hydrogen-bond acceptors (Lipinski definition) is 3. The molecule has 5 aromatic rings. The van der Waals surface area contributed by atoms with E-state index < -0.39 is 18.4 Å². The van der Waals surface area contributed by atoms with Crippen molar-refractivity contribution in [3.05, 3.63) is 125 Å². The number of aryl methyl sites for hydroxylation is 1. The first-order valence-corrected chi connectivity index (χ1v) is 13.6. The quantitative estimate of drug-likeness (QED) is 0.193. The molecule has 43 heavy (non-hydrogen) atoms. The molecule has 0 bridgehead atoms. The van der Waals surface area contributed by atoms with E-state index in [9.17, 15) is 27.9 Å². The van der Waals surface area contributed by atoms with Gasteiger partial charge in [-0.25, -0.2) is 4.79 Å². The first-order valence-electron chi connectivity index (χ1n) is 13.6. The predicted octanol–water partition coefficient (Wildman–Crippen LogP) is 8.06. The van der Waals surface area contributed by atoms with Crippen LogP contribution in [0.3, 0.4) is 0 Å². The van der Waals surface area contributed by atoms with Gasteiger partial charge in [-0.15, -0.1) is 13.2 Å². The van der Waals surface area contributed by atoms with Gasteiger partial charge in [0.2, 0.25) is 0 Å². The van der Waals surface area contributed by atoms with Gasteiger partial charge in [-0.05, 0) is 85.0 Å². The van der Waals surface area contributed by atoms with E-state index in [-0.39, 0.29) is 17.2 Å². The number of aromatic nitrogens is 1. The standard InChI is InChI=1S/C34H29F3N2O4/c1-20-22(3)39(19-23-8-10-25(11-9-23)28-6-4-5-7-29(28)33(41)42)31-17-14-26(18-30(20)31)32(40)38-21(2)24-12-15-27(16-13-24)43-34(35,36)37/h4-18,21H,19H2,1-3H3,(H,38,40)(H,41,42). The third-order valence-electron chi connectivity index (χ3n) is 7.63. The zero-order valence-electron chi connectivity index (χ0n) is 23.7. The maximum absolute atomic E-state index is 13.1. The van der Waals surface area contributed by atoms with Crippen LogP contribution in [-0.2, 0) is 6.54 Å². The molecular formula is C34H29F3N2O4. The number of ether oxygens (including phenoxy) is 1. The van der Waals surface area contributed by atoms with Gasteiger partial charge in [0, 0.05) is 28.7 Å². The molecule has 1 amide bonds. The van der Waals surface area contributed by atoms with Crippen LogP contribution in [0.1, 0.15) is 56.1 Å². The van der Waals surface area contributed by atoms with Crippen LogP contribution in [-0.4, -0.2) is 27.9 Å². The third kappa shape index (κ3) is 6.40. The highest BCUT2D eigenvalue weighted by Gasteiger charge is 2.31. The van der Waals surface area contributed by atoms with Crippen LogP contribution in [0.2, 0.25) is 0 Å². The third-order valence-corrected chi connectivity index (χ3v) is 7.63. The van der Waals surface area contributed by atoms with Gasteiger partial charge in [0.15, 0.2) is 0 Å². The summed E-state index contributed by atoms with van der Waals surface area (Å²) in [5, 5.41) is 13.4. The van der Waals surface area contributed by atoms with Crippen molar-refractivity contribution in [2.45, 2.75) is 39.7 Å². The molecule has 4 aromatic carbocycles. The molecule has 0 radical (unpaired) electrons. The van der Waals surface area contributed by atoms with Crippen molar-refractivity contribution in [2.75, 3.05) is 0 Å². The summed E-state index contributed by atoms with van der Waals surface area (Å²) in [6, 6.07) is 25.2. The number of rotatable bonds is 8. The van der Waals surface area contributed by atoms with Crippen molar-refractivity contribution in [1.82, 2.24) is 9.88 Å². The van der Waals surface area contributed by atoms with Crippen molar-refractivity contribution in [3.63, 3.8) is 0 Å². The highest BCUT2D eigenvalue weighted by molar-refractivity contribution is 5.99. The summed E-state index contributed by atoms with van der Waals surface area (Å²) < 4.78 is 43.4. The lowest BCUT2D eigenvalue weighted by atomic mass is 9.99. The number of hydrogen-bond donors (Lipinski definition) is 2. The molecule has 0 fully saturated rings. The fourth-order valence-corrected chi connectivity index (χ4v) is 5.21. The molecule has 1 aromatic heterocycles. The summed E-state index contributed by atoms with van der Waals surface area (Å²) in [5.41, 5.74) is 6.96. The molecule has 1 atom stereocenters. The summed E-state index contributed by atoms with van der Waals surface area (Å²) in [4.78, 5) is 24.7. The van der Waals surface area contributed by atoms with Gasteiger partial charge >= 0.3 is 12.3 Å². The van der Waals surface area contributed by atoms with Crippen LogP contribution < -0.4 is 10.1 Å². The summed E-state index contributed by atoms with van der Waals surface area (Å²) in [7, 11) is 0. The number of halogens is 3. The zero-order chi connectivity index (χ0) is 30.9. The van der Waals surface area contributed by atoms with E-state index in [1.807, 2.05) is 56.3 Å².